The third kappa shape index (κ3) is 12.0. The number of benzene rings is 3. The number of aromatic carboxylic acids is 1. The number of carboxylic acid groups (broad SMARTS) is 1. The predicted octanol–water partition coefficient (Wildman–Crippen LogP) is 5.79. The maximum atomic E-state index is 12.3. The maximum Gasteiger partial charge on any atom is 0.337 e. The van der Waals surface area contributed by atoms with Gasteiger partial charge in [-0.1, -0.05) is 60.7 Å². The number of hydrogen-bond donors (Lipinski definition) is 4. The fourth-order valence-corrected chi connectivity index (χ4v) is 5.12. The highest BCUT2D eigenvalue weighted by Gasteiger charge is 2.25. The van der Waals surface area contributed by atoms with Crippen molar-refractivity contribution in [2.75, 3.05) is 24.3 Å². The van der Waals surface area contributed by atoms with Gasteiger partial charge < -0.3 is 10.4 Å². The van der Waals surface area contributed by atoms with Crippen molar-refractivity contribution in [3.8, 4) is 0 Å². The number of nitrogens with zero attached hydrogens (tertiary/aromatic N) is 4. The number of aromatic nitrogens is 2. The van der Waals surface area contributed by atoms with E-state index in [2.05, 4.69) is 43.0 Å². The molecule has 0 bridgehead atoms. The van der Waals surface area contributed by atoms with Crippen LogP contribution in [0.1, 0.15) is 41.2 Å². The average molecular weight is 692 g/mol. The lowest BCUT2D eigenvalue weighted by Gasteiger charge is -2.30. The molecule has 0 saturated heterocycles. The van der Waals surface area contributed by atoms with Gasteiger partial charge in [0.1, 0.15) is 4.90 Å². The molecule has 4 amide bonds. The molecule has 4 aromatic rings. The van der Waals surface area contributed by atoms with E-state index in [0.717, 1.165) is 23.4 Å². The quantitative estimate of drug-likeness (QED) is 0.138. The van der Waals surface area contributed by atoms with Crippen molar-refractivity contribution in [1.82, 2.24) is 20.0 Å². The number of carbonyl (C=O) groups is 3. The van der Waals surface area contributed by atoms with Crippen LogP contribution < -0.4 is 20.3 Å². The van der Waals surface area contributed by atoms with Crippen molar-refractivity contribution in [2.45, 2.75) is 38.1 Å². The molecular weight excluding hydrogens is 655 g/mol. The molecule has 48 heavy (non-hydrogen) atoms. The Bertz CT molecular complexity index is 1850. The van der Waals surface area contributed by atoms with Crippen LogP contribution >= 0.6 is 12.2 Å². The van der Waals surface area contributed by atoms with Crippen molar-refractivity contribution >= 4 is 57.1 Å². The normalized spacial score (nSPS) is 10.4. The summed E-state index contributed by atoms with van der Waals surface area (Å²) in [4.78, 5) is 47.6. The Labute approximate surface area is 285 Å². The molecule has 0 aliphatic carbocycles. The second-order valence-electron chi connectivity index (χ2n) is 10.5. The minimum Gasteiger partial charge on any atom is -0.478 e. The molecule has 1 aromatic heterocycles. The van der Waals surface area contributed by atoms with Crippen LogP contribution in [0.4, 0.5) is 21.2 Å². The number of hydrogen-bond acceptors (Lipinski definition) is 9. The number of carboxylic acids is 1. The lowest BCUT2D eigenvalue weighted by molar-refractivity contribution is 0.0692. The van der Waals surface area contributed by atoms with E-state index in [-0.39, 0.29) is 12.0 Å². The Morgan fingerprint density at radius 3 is 1.92 bits per heavy atom. The van der Waals surface area contributed by atoms with E-state index in [1.165, 1.54) is 12.1 Å². The molecule has 0 spiro atoms. The van der Waals surface area contributed by atoms with Gasteiger partial charge >= 0.3 is 18.0 Å². The number of rotatable bonds is 7. The number of para-hydroxylation sites is 1. The Hall–Kier alpha value is -5.50. The van der Waals surface area contributed by atoms with Crippen molar-refractivity contribution in [1.29, 1.82) is 0 Å². The fourth-order valence-electron chi connectivity index (χ4n) is 4.01. The van der Waals surface area contributed by atoms with Gasteiger partial charge in [0.15, 0.2) is 0 Å². The van der Waals surface area contributed by atoms with E-state index in [4.69, 9.17) is 5.11 Å². The van der Waals surface area contributed by atoms with Crippen LogP contribution in [0.3, 0.4) is 0 Å². The minimum atomic E-state index is -4.37. The Kier molecular flexibility index (Phi) is 14.5. The molecule has 4 rings (SSSR count). The first kappa shape index (κ1) is 38.7. The zero-order valence-corrected chi connectivity index (χ0v) is 28.9. The summed E-state index contributed by atoms with van der Waals surface area (Å²) in [6, 6.07) is 25.0. The van der Waals surface area contributed by atoms with Gasteiger partial charge in [0.05, 0.1) is 16.3 Å². The van der Waals surface area contributed by atoms with Gasteiger partial charge in [-0.15, -0.1) is 0 Å². The molecule has 252 valence electrons. The highest BCUT2D eigenvalue weighted by Crippen LogP contribution is 2.21. The molecule has 0 aliphatic heterocycles. The zero-order chi connectivity index (χ0) is 35.9. The molecule has 0 unspecified atom stereocenters. The molecule has 3 aromatic carbocycles. The fraction of sp³-hybridized carbons (Fsp3) is 0.212. The van der Waals surface area contributed by atoms with E-state index in [1.807, 2.05) is 74.5 Å². The summed E-state index contributed by atoms with van der Waals surface area (Å²) in [5, 5.41) is 16.4. The molecule has 0 aliphatic rings. The van der Waals surface area contributed by atoms with Gasteiger partial charge in [0.2, 0.25) is 5.95 Å². The smallest absolute Gasteiger partial charge is 0.337 e. The van der Waals surface area contributed by atoms with Crippen LogP contribution in [0.2, 0.25) is 0 Å². The SMILES string of the molecule is CN(C(=O)NC(C)(C)c1ccccc1)c1ccccc1.CN=C=S.Cc1cc(C)nc(NC(=O)NS(=O)(=O)c2ccccc2C(=O)O)n1. The van der Waals surface area contributed by atoms with Gasteiger partial charge in [-0.25, -0.2) is 42.5 Å². The summed E-state index contributed by atoms with van der Waals surface area (Å²) in [6.45, 7) is 7.38. The number of carbonyl (C=O) groups excluding carboxylic acids is 2. The minimum absolute atomic E-state index is 0.0632. The van der Waals surface area contributed by atoms with Crippen LogP contribution in [0.5, 0.6) is 0 Å². The monoisotopic (exact) mass is 691 g/mol. The molecule has 0 atom stereocenters. The van der Waals surface area contributed by atoms with Gasteiger partial charge in [0.25, 0.3) is 10.0 Å². The van der Waals surface area contributed by atoms with E-state index in [9.17, 15) is 22.8 Å². The highest BCUT2D eigenvalue weighted by molar-refractivity contribution is 7.90. The summed E-state index contributed by atoms with van der Waals surface area (Å²) >= 11 is 4.14. The first-order valence-electron chi connectivity index (χ1n) is 14.2. The van der Waals surface area contributed by atoms with Crippen LogP contribution in [-0.2, 0) is 15.6 Å². The van der Waals surface area contributed by atoms with E-state index in [1.54, 1.807) is 43.6 Å². The van der Waals surface area contributed by atoms with Crippen molar-refractivity contribution < 1.29 is 27.9 Å². The largest absolute Gasteiger partial charge is 0.478 e. The lowest BCUT2D eigenvalue weighted by Crippen LogP contribution is -2.47. The molecule has 4 N–H and O–H groups in total. The van der Waals surface area contributed by atoms with Crippen LogP contribution in [0, 0.1) is 13.8 Å². The van der Waals surface area contributed by atoms with Gasteiger partial charge in [0, 0.05) is 31.2 Å². The van der Waals surface area contributed by atoms with Crippen molar-refractivity contribution in [3.05, 3.63) is 114 Å². The molecule has 0 fully saturated rings. The lowest BCUT2D eigenvalue weighted by atomic mass is 9.94. The van der Waals surface area contributed by atoms with E-state index in [0.29, 0.717) is 11.4 Å². The number of isothiocyanates is 1. The molecular formula is C33H37N7O6S2. The molecule has 13 nitrogen and oxygen atoms in total. The molecule has 15 heteroatoms. The standard InChI is InChI=1S/C17H20N2O.C14H14N4O5S.C2H3NS/c1-17(2,14-10-6-4-7-11-14)18-16(20)19(3)15-12-8-5-9-13-15;1-8-7-9(2)16-13(15-8)17-14(21)18-24(22,23)11-6-4-3-5-10(11)12(19)20;1-3-2-4/h4-13H,1-3H3,(H,18,20);3-7H,1-2H3,(H,19,20)(H2,15,16,17,18,21);1H3. The summed E-state index contributed by atoms with van der Waals surface area (Å²) in [5.41, 5.74) is 2.28. The Morgan fingerprint density at radius 2 is 1.40 bits per heavy atom. The van der Waals surface area contributed by atoms with Crippen LogP contribution in [-0.4, -0.2) is 60.8 Å². The number of thiocarbonyl (C=S) groups is 1. The number of urea groups is 2. The topological polar surface area (TPSA) is 183 Å². The van der Waals surface area contributed by atoms with Crippen LogP contribution in [0.15, 0.2) is 101 Å². The third-order valence-electron chi connectivity index (χ3n) is 6.30. The van der Waals surface area contributed by atoms with Crippen LogP contribution in [0.25, 0.3) is 0 Å². The van der Waals surface area contributed by atoms with Gasteiger partial charge in [-0.3, -0.25) is 10.2 Å². The molecule has 0 saturated carbocycles. The van der Waals surface area contributed by atoms with E-state index >= 15 is 0 Å². The number of anilines is 2. The number of nitrogens with one attached hydrogen (secondary N) is 3. The number of sulfonamides is 1. The second kappa shape index (κ2) is 18.0. The first-order chi connectivity index (χ1) is 22.6. The summed E-state index contributed by atoms with van der Waals surface area (Å²) in [6.07, 6.45) is 0. The Morgan fingerprint density at radius 1 is 0.896 bits per heavy atom. The van der Waals surface area contributed by atoms with Gasteiger partial charge in [-0.05, 0) is 75.8 Å². The van der Waals surface area contributed by atoms with E-state index < -0.39 is 38.0 Å². The predicted molar refractivity (Wildman–Crippen MR) is 188 cm³/mol. The summed E-state index contributed by atoms with van der Waals surface area (Å²) in [5.74, 6) is -1.49. The first-order valence-corrected chi connectivity index (χ1v) is 16.1. The summed E-state index contributed by atoms with van der Waals surface area (Å²) < 4.78 is 26.2. The third-order valence-corrected chi connectivity index (χ3v) is 7.87. The summed E-state index contributed by atoms with van der Waals surface area (Å²) in [7, 11) is -1.01. The average Bonchev–Trinajstić information content (AvgIpc) is 3.04. The highest BCUT2D eigenvalue weighted by atomic mass is 32.2. The maximum absolute atomic E-state index is 12.3. The molecule has 1 heterocycles. The van der Waals surface area contributed by atoms with Gasteiger partial charge in [-0.2, -0.15) is 0 Å². The van der Waals surface area contributed by atoms with Crippen molar-refractivity contribution in [3.63, 3.8) is 0 Å². The second-order valence-corrected chi connectivity index (χ2v) is 12.3. The molecule has 0 radical (unpaired) electrons. The number of amides is 4. The Balaban J connectivity index is 0.000000304. The number of aliphatic imine (C=N–C) groups is 1. The zero-order valence-electron chi connectivity index (χ0n) is 27.3. The van der Waals surface area contributed by atoms with Crippen molar-refractivity contribution in [2.24, 2.45) is 4.99 Å². The number of aryl methyl sites for hydroxylation is 2.